The highest BCUT2D eigenvalue weighted by Gasteiger charge is 2.42. The highest BCUT2D eigenvalue weighted by atomic mass is 16.5. The van der Waals surface area contributed by atoms with E-state index in [-0.39, 0.29) is 22.5 Å². The van der Waals surface area contributed by atoms with E-state index in [4.69, 9.17) is 9.15 Å². The lowest BCUT2D eigenvalue weighted by molar-refractivity contribution is 0.0353. The van der Waals surface area contributed by atoms with Crippen molar-refractivity contribution in [2.75, 3.05) is 39.4 Å². The minimum absolute atomic E-state index is 0.0182. The predicted molar refractivity (Wildman–Crippen MR) is 142 cm³/mol. The van der Waals surface area contributed by atoms with Crippen LogP contribution in [0.1, 0.15) is 71.6 Å². The third-order valence-electron chi connectivity index (χ3n) is 7.65. The number of ether oxygens (including phenoxy) is 1. The van der Waals surface area contributed by atoms with Crippen LogP contribution in [-0.2, 0) is 10.2 Å². The summed E-state index contributed by atoms with van der Waals surface area (Å²) in [5.41, 5.74) is 5.08. The molecule has 6 nitrogen and oxygen atoms in total. The lowest BCUT2D eigenvalue weighted by atomic mass is 9.86. The van der Waals surface area contributed by atoms with Gasteiger partial charge in [-0.2, -0.15) is 0 Å². The van der Waals surface area contributed by atoms with Crippen molar-refractivity contribution >= 4 is 16.9 Å². The number of amides is 1. The SMILES string of the molecule is Cc1cc2oc3c(c(=O)c2cc1C)[C@H](c1ccc(C(C)(C)C)cc1)N(CCCN1CCOCC1)C3=O. The first-order valence-electron chi connectivity index (χ1n) is 12.9. The number of hydrogen-bond donors (Lipinski definition) is 0. The number of carbonyl (C=O) groups excluding carboxylic acids is 1. The molecule has 1 fully saturated rings. The molecule has 0 N–H and O–H groups in total. The number of aryl methyl sites for hydroxylation is 2. The van der Waals surface area contributed by atoms with Gasteiger partial charge in [-0.15, -0.1) is 0 Å². The van der Waals surface area contributed by atoms with Crippen molar-refractivity contribution in [3.05, 3.63) is 80.2 Å². The molecular weight excluding hydrogens is 452 g/mol. The van der Waals surface area contributed by atoms with Crippen LogP contribution in [0.25, 0.3) is 11.0 Å². The molecule has 0 bridgehead atoms. The fraction of sp³-hybridized carbons (Fsp3) is 0.467. The Morgan fingerprint density at radius 1 is 0.944 bits per heavy atom. The highest BCUT2D eigenvalue weighted by molar-refractivity contribution is 5.99. The molecule has 1 aromatic heterocycles. The molecule has 1 saturated heterocycles. The van der Waals surface area contributed by atoms with Crippen molar-refractivity contribution < 1.29 is 13.9 Å². The first kappa shape index (κ1) is 24.7. The molecule has 190 valence electrons. The Bertz CT molecular complexity index is 1340. The van der Waals surface area contributed by atoms with Gasteiger partial charge in [-0.3, -0.25) is 14.5 Å². The van der Waals surface area contributed by atoms with Gasteiger partial charge in [0.05, 0.1) is 30.2 Å². The highest BCUT2D eigenvalue weighted by Crippen LogP contribution is 2.39. The first-order valence-corrected chi connectivity index (χ1v) is 12.9. The second kappa shape index (κ2) is 9.49. The lowest BCUT2D eigenvalue weighted by Gasteiger charge is -2.29. The maximum atomic E-state index is 13.8. The van der Waals surface area contributed by atoms with Crippen molar-refractivity contribution in [3.63, 3.8) is 0 Å². The lowest BCUT2D eigenvalue weighted by Crippen LogP contribution is -2.38. The Kier molecular flexibility index (Phi) is 6.52. The van der Waals surface area contributed by atoms with E-state index in [1.165, 1.54) is 5.56 Å². The quantitative estimate of drug-likeness (QED) is 0.507. The average molecular weight is 489 g/mol. The average Bonchev–Trinajstić information content (AvgIpc) is 3.12. The Hall–Kier alpha value is -2.96. The summed E-state index contributed by atoms with van der Waals surface area (Å²) in [5, 5.41) is 0.538. The first-order chi connectivity index (χ1) is 17.1. The molecule has 2 aliphatic rings. The largest absolute Gasteiger partial charge is 0.450 e. The zero-order chi connectivity index (χ0) is 25.6. The van der Waals surface area contributed by atoms with Crippen molar-refractivity contribution in [1.29, 1.82) is 0 Å². The van der Waals surface area contributed by atoms with Gasteiger partial charge in [0.1, 0.15) is 5.58 Å². The van der Waals surface area contributed by atoms with Gasteiger partial charge in [0.25, 0.3) is 5.91 Å². The topological polar surface area (TPSA) is 63.0 Å². The fourth-order valence-corrected chi connectivity index (χ4v) is 5.31. The Morgan fingerprint density at radius 2 is 1.61 bits per heavy atom. The summed E-state index contributed by atoms with van der Waals surface area (Å²) in [6.07, 6.45) is 0.822. The number of fused-ring (bicyclic) bond motifs is 2. The molecule has 1 atom stereocenters. The van der Waals surface area contributed by atoms with Crippen LogP contribution in [0, 0.1) is 13.8 Å². The smallest absolute Gasteiger partial charge is 0.290 e. The number of benzene rings is 2. The van der Waals surface area contributed by atoms with Gasteiger partial charge in [0, 0.05) is 26.2 Å². The van der Waals surface area contributed by atoms with Gasteiger partial charge in [0.15, 0.2) is 5.43 Å². The van der Waals surface area contributed by atoms with E-state index < -0.39 is 6.04 Å². The van der Waals surface area contributed by atoms with E-state index in [0.29, 0.717) is 23.1 Å². The van der Waals surface area contributed by atoms with E-state index in [1.54, 1.807) is 0 Å². The predicted octanol–water partition coefficient (Wildman–Crippen LogP) is 4.97. The van der Waals surface area contributed by atoms with Crippen LogP contribution in [-0.4, -0.2) is 55.1 Å². The van der Waals surface area contributed by atoms with E-state index in [9.17, 15) is 9.59 Å². The summed E-state index contributed by atoms with van der Waals surface area (Å²) in [7, 11) is 0. The molecule has 0 aliphatic carbocycles. The van der Waals surface area contributed by atoms with Crippen LogP contribution in [0.3, 0.4) is 0 Å². The molecule has 0 saturated carbocycles. The second-order valence-electron chi connectivity index (χ2n) is 11.2. The standard InChI is InChI=1S/C30H36N2O4/c1-19-17-23-24(18-20(19)2)36-28-25(27(23)33)26(21-7-9-22(10-8-21)30(3,4)5)32(29(28)34)12-6-11-31-13-15-35-16-14-31/h7-10,17-18,26H,6,11-16H2,1-5H3/t26-/m0/s1. The molecule has 6 heteroatoms. The third-order valence-corrected chi connectivity index (χ3v) is 7.65. The minimum atomic E-state index is -0.450. The number of rotatable bonds is 5. The molecule has 0 radical (unpaired) electrons. The fourth-order valence-electron chi connectivity index (χ4n) is 5.31. The third kappa shape index (κ3) is 4.48. The number of nitrogens with zero attached hydrogens (tertiary/aromatic N) is 2. The Labute approximate surface area is 212 Å². The second-order valence-corrected chi connectivity index (χ2v) is 11.2. The maximum Gasteiger partial charge on any atom is 0.290 e. The van der Waals surface area contributed by atoms with Gasteiger partial charge in [0.2, 0.25) is 5.76 Å². The number of carbonyl (C=O) groups is 1. The summed E-state index contributed by atoms with van der Waals surface area (Å²) < 4.78 is 11.6. The van der Waals surface area contributed by atoms with Crippen molar-refractivity contribution in [2.24, 2.45) is 0 Å². The zero-order valence-corrected chi connectivity index (χ0v) is 22.0. The van der Waals surface area contributed by atoms with Crippen LogP contribution in [0.15, 0.2) is 45.6 Å². The van der Waals surface area contributed by atoms with E-state index >= 15 is 0 Å². The molecule has 0 unspecified atom stereocenters. The van der Waals surface area contributed by atoms with Gasteiger partial charge in [-0.25, -0.2) is 0 Å². The van der Waals surface area contributed by atoms with Gasteiger partial charge in [-0.05, 0) is 60.1 Å². The van der Waals surface area contributed by atoms with Gasteiger partial charge in [-0.1, -0.05) is 45.0 Å². The normalized spacial score (nSPS) is 18.8. The van der Waals surface area contributed by atoms with Crippen LogP contribution < -0.4 is 5.43 Å². The summed E-state index contributed by atoms with van der Waals surface area (Å²) in [4.78, 5) is 31.7. The Balaban J connectivity index is 1.56. The van der Waals surface area contributed by atoms with Crippen molar-refractivity contribution in [3.8, 4) is 0 Å². The van der Waals surface area contributed by atoms with Crippen LogP contribution >= 0.6 is 0 Å². The molecule has 5 rings (SSSR count). The number of morpholine rings is 1. The maximum absolute atomic E-state index is 13.8. The molecule has 2 aliphatic heterocycles. The molecule has 3 aromatic rings. The summed E-state index contributed by atoms with van der Waals surface area (Å²) in [5.74, 6) is -0.0128. The summed E-state index contributed by atoms with van der Waals surface area (Å²) in [6.45, 7) is 15.3. The summed E-state index contributed by atoms with van der Waals surface area (Å²) in [6, 6.07) is 11.7. The monoisotopic (exact) mass is 488 g/mol. The molecular formula is C30H36N2O4. The molecule has 0 spiro atoms. The van der Waals surface area contributed by atoms with E-state index in [1.807, 2.05) is 30.9 Å². The molecule has 2 aromatic carbocycles. The van der Waals surface area contributed by atoms with Crippen molar-refractivity contribution in [2.45, 2.75) is 52.5 Å². The van der Waals surface area contributed by atoms with Crippen LogP contribution in [0.5, 0.6) is 0 Å². The summed E-state index contributed by atoms with van der Waals surface area (Å²) >= 11 is 0. The number of hydrogen-bond acceptors (Lipinski definition) is 5. The van der Waals surface area contributed by atoms with Crippen LogP contribution in [0.4, 0.5) is 0 Å². The van der Waals surface area contributed by atoms with Gasteiger partial charge >= 0.3 is 0 Å². The zero-order valence-electron chi connectivity index (χ0n) is 22.0. The van der Waals surface area contributed by atoms with Crippen LogP contribution in [0.2, 0.25) is 0 Å². The van der Waals surface area contributed by atoms with E-state index in [2.05, 4.69) is 49.9 Å². The van der Waals surface area contributed by atoms with Crippen molar-refractivity contribution in [1.82, 2.24) is 9.80 Å². The molecule has 3 heterocycles. The van der Waals surface area contributed by atoms with E-state index in [0.717, 1.165) is 56.0 Å². The molecule has 36 heavy (non-hydrogen) atoms. The molecule has 1 amide bonds. The van der Waals surface area contributed by atoms with Gasteiger partial charge < -0.3 is 14.1 Å². The Morgan fingerprint density at radius 3 is 2.28 bits per heavy atom. The minimum Gasteiger partial charge on any atom is -0.450 e.